The van der Waals surface area contributed by atoms with Crippen LogP contribution in [-0.2, 0) is 0 Å². The zero-order chi connectivity index (χ0) is 12.0. The molecule has 1 heterocycles. The largest absolute Gasteiger partial charge is 0.468 e. The number of aromatic nitrogens is 1. The number of nitrogens with one attached hydrogen (secondary N) is 1. The van der Waals surface area contributed by atoms with Crippen molar-refractivity contribution >= 4 is 5.82 Å². The molecule has 0 fully saturated rings. The van der Waals surface area contributed by atoms with Crippen LogP contribution >= 0.6 is 0 Å². The van der Waals surface area contributed by atoms with Crippen LogP contribution in [0.1, 0.15) is 13.3 Å². The van der Waals surface area contributed by atoms with Gasteiger partial charge in [0.2, 0.25) is 5.88 Å². The number of pyridine rings is 1. The van der Waals surface area contributed by atoms with Gasteiger partial charge in [0, 0.05) is 12.6 Å². The number of halogens is 3. The number of hydrogen-bond donors (Lipinski definition) is 1. The van der Waals surface area contributed by atoms with Crippen molar-refractivity contribution in [2.24, 2.45) is 0 Å². The second-order valence-corrected chi connectivity index (χ2v) is 3.19. The third-order valence-electron chi connectivity index (χ3n) is 1.66. The van der Waals surface area contributed by atoms with Gasteiger partial charge in [-0.25, -0.2) is 0 Å². The molecule has 16 heavy (non-hydrogen) atoms. The molecule has 0 spiro atoms. The fraction of sp³-hybridized carbons (Fsp3) is 0.500. The lowest BCUT2D eigenvalue weighted by Gasteiger charge is -2.09. The first-order valence-corrected chi connectivity index (χ1v) is 4.92. The predicted molar refractivity (Wildman–Crippen MR) is 54.6 cm³/mol. The zero-order valence-electron chi connectivity index (χ0n) is 8.84. The Morgan fingerprint density at radius 3 is 2.75 bits per heavy atom. The average molecular weight is 234 g/mol. The van der Waals surface area contributed by atoms with E-state index in [4.69, 9.17) is 0 Å². The third kappa shape index (κ3) is 4.86. The van der Waals surface area contributed by atoms with Gasteiger partial charge in [0.1, 0.15) is 5.82 Å². The summed E-state index contributed by atoms with van der Waals surface area (Å²) in [4.78, 5) is 3.88. The standard InChI is InChI=1S/C10H13F3N2O/c1-2-6-14-8-4-3-5-9(15-8)16-7-10(11,12)13/h3-5H,2,6-7H2,1H3,(H,14,15). The number of alkyl halides is 3. The van der Waals surface area contributed by atoms with E-state index in [1.165, 1.54) is 6.07 Å². The van der Waals surface area contributed by atoms with Crippen LogP contribution in [0.4, 0.5) is 19.0 Å². The van der Waals surface area contributed by atoms with E-state index >= 15 is 0 Å². The van der Waals surface area contributed by atoms with Gasteiger partial charge in [-0.15, -0.1) is 0 Å². The van der Waals surface area contributed by atoms with Crippen molar-refractivity contribution in [2.45, 2.75) is 19.5 Å². The van der Waals surface area contributed by atoms with Crippen LogP contribution in [0.15, 0.2) is 18.2 Å². The smallest absolute Gasteiger partial charge is 0.422 e. The van der Waals surface area contributed by atoms with Gasteiger partial charge < -0.3 is 10.1 Å². The van der Waals surface area contributed by atoms with Gasteiger partial charge in [-0.3, -0.25) is 0 Å². The molecule has 0 atom stereocenters. The second-order valence-electron chi connectivity index (χ2n) is 3.19. The minimum absolute atomic E-state index is 0.0292. The number of rotatable bonds is 5. The molecule has 1 N–H and O–H groups in total. The molecular weight excluding hydrogens is 221 g/mol. The lowest BCUT2D eigenvalue weighted by molar-refractivity contribution is -0.154. The molecule has 90 valence electrons. The van der Waals surface area contributed by atoms with Crippen LogP contribution in [-0.4, -0.2) is 24.3 Å². The molecule has 0 bridgehead atoms. The second kappa shape index (κ2) is 5.58. The van der Waals surface area contributed by atoms with E-state index < -0.39 is 12.8 Å². The highest BCUT2D eigenvalue weighted by Crippen LogP contribution is 2.18. The number of nitrogens with zero attached hydrogens (tertiary/aromatic N) is 1. The van der Waals surface area contributed by atoms with Gasteiger partial charge in [0.25, 0.3) is 0 Å². The summed E-state index contributed by atoms with van der Waals surface area (Å²) in [5.74, 6) is 0.486. The van der Waals surface area contributed by atoms with E-state index in [-0.39, 0.29) is 5.88 Å². The molecule has 3 nitrogen and oxygen atoms in total. The van der Waals surface area contributed by atoms with Crippen molar-refractivity contribution < 1.29 is 17.9 Å². The summed E-state index contributed by atoms with van der Waals surface area (Å²) in [6.07, 6.45) is -3.43. The Hall–Kier alpha value is -1.46. The van der Waals surface area contributed by atoms with Gasteiger partial charge in [0.05, 0.1) is 0 Å². The van der Waals surface area contributed by atoms with E-state index in [0.29, 0.717) is 5.82 Å². The fourth-order valence-electron chi connectivity index (χ4n) is 1.00. The maximum Gasteiger partial charge on any atom is 0.422 e. The van der Waals surface area contributed by atoms with Crippen molar-refractivity contribution in [2.75, 3.05) is 18.5 Å². The summed E-state index contributed by atoms with van der Waals surface area (Å²) in [5, 5.41) is 2.96. The molecule has 1 aromatic rings. The van der Waals surface area contributed by atoms with Crippen molar-refractivity contribution in [1.29, 1.82) is 0 Å². The molecule has 0 amide bonds. The Balaban J connectivity index is 2.53. The Kier molecular flexibility index (Phi) is 4.39. The minimum atomic E-state index is -4.34. The van der Waals surface area contributed by atoms with Crippen LogP contribution in [0.3, 0.4) is 0 Å². The Morgan fingerprint density at radius 2 is 2.12 bits per heavy atom. The first-order chi connectivity index (χ1) is 7.51. The first kappa shape index (κ1) is 12.6. The molecule has 0 saturated heterocycles. The lowest BCUT2D eigenvalue weighted by atomic mass is 10.4. The lowest BCUT2D eigenvalue weighted by Crippen LogP contribution is -2.19. The van der Waals surface area contributed by atoms with E-state index in [1.807, 2.05) is 6.92 Å². The van der Waals surface area contributed by atoms with E-state index in [2.05, 4.69) is 15.0 Å². The highest BCUT2D eigenvalue weighted by Gasteiger charge is 2.28. The van der Waals surface area contributed by atoms with Crippen LogP contribution in [0.2, 0.25) is 0 Å². The summed E-state index contributed by atoms with van der Waals surface area (Å²) < 4.78 is 40.1. The van der Waals surface area contributed by atoms with Gasteiger partial charge >= 0.3 is 6.18 Å². The monoisotopic (exact) mass is 234 g/mol. The summed E-state index contributed by atoms with van der Waals surface area (Å²) in [6, 6.07) is 4.66. The number of ether oxygens (including phenoxy) is 1. The number of hydrogen-bond acceptors (Lipinski definition) is 3. The molecule has 0 aromatic carbocycles. The SMILES string of the molecule is CCCNc1cccc(OCC(F)(F)F)n1. The normalized spacial score (nSPS) is 11.2. The topological polar surface area (TPSA) is 34.1 Å². The van der Waals surface area contributed by atoms with Crippen LogP contribution in [0, 0.1) is 0 Å². The van der Waals surface area contributed by atoms with Crippen molar-refractivity contribution in [3.63, 3.8) is 0 Å². The van der Waals surface area contributed by atoms with Gasteiger partial charge in [-0.1, -0.05) is 13.0 Å². The Bertz CT molecular complexity index is 328. The van der Waals surface area contributed by atoms with Crippen LogP contribution < -0.4 is 10.1 Å². The maximum absolute atomic E-state index is 11.9. The highest BCUT2D eigenvalue weighted by molar-refractivity contribution is 5.36. The molecule has 1 rings (SSSR count). The summed E-state index contributed by atoms with van der Waals surface area (Å²) in [7, 11) is 0. The summed E-state index contributed by atoms with van der Waals surface area (Å²) >= 11 is 0. The Labute approximate surface area is 91.6 Å². The fourth-order valence-corrected chi connectivity index (χ4v) is 1.00. The van der Waals surface area contributed by atoms with Gasteiger partial charge in [-0.05, 0) is 12.5 Å². The predicted octanol–water partition coefficient (Wildman–Crippen LogP) is 2.84. The molecule has 0 aliphatic heterocycles. The maximum atomic E-state index is 11.9. The van der Waals surface area contributed by atoms with Crippen molar-refractivity contribution in [1.82, 2.24) is 4.98 Å². The molecule has 6 heteroatoms. The van der Waals surface area contributed by atoms with Crippen LogP contribution in [0.5, 0.6) is 5.88 Å². The zero-order valence-corrected chi connectivity index (χ0v) is 8.84. The minimum Gasteiger partial charge on any atom is -0.468 e. The van der Waals surface area contributed by atoms with Gasteiger partial charge in [0.15, 0.2) is 6.61 Å². The molecule has 0 saturated carbocycles. The first-order valence-electron chi connectivity index (χ1n) is 4.92. The summed E-state index contributed by atoms with van der Waals surface area (Å²) in [5.41, 5.74) is 0. The van der Waals surface area contributed by atoms with E-state index in [0.717, 1.165) is 13.0 Å². The third-order valence-corrected chi connectivity index (χ3v) is 1.66. The van der Waals surface area contributed by atoms with E-state index in [9.17, 15) is 13.2 Å². The summed E-state index contributed by atoms with van der Waals surface area (Å²) in [6.45, 7) is 1.38. The highest BCUT2D eigenvalue weighted by atomic mass is 19.4. The van der Waals surface area contributed by atoms with Crippen LogP contribution in [0.25, 0.3) is 0 Å². The van der Waals surface area contributed by atoms with E-state index in [1.54, 1.807) is 12.1 Å². The average Bonchev–Trinajstić information content (AvgIpc) is 2.23. The van der Waals surface area contributed by atoms with Gasteiger partial charge in [-0.2, -0.15) is 18.2 Å². The molecule has 0 unspecified atom stereocenters. The number of anilines is 1. The molecular formula is C10H13F3N2O. The molecule has 0 aliphatic carbocycles. The molecule has 0 radical (unpaired) electrons. The Morgan fingerprint density at radius 1 is 1.38 bits per heavy atom. The van der Waals surface area contributed by atoms with Crippen molar-refractivity contribution in [3.05, 3.63) is 18.2 Å². The van der Waals surface area contributed by atoms with Crippen molar-refractivity contribution in [3.8, 4) is 5.88 Å². The molecule has 1 aromatic heterocycles. The molecule has 0 aliphatic rings. The quantitative estimate of drug-likeness (QED) is 0.850.